The molecule has 2 rings (SSSR count). The van der Waals surface area contributed by atoms with Gasteiger partial charge in [0.1, 0.15) is 0 Å². The Hall–Kier alpha value is -1.89. The monoisotopic (exact) mass is 252 g/mol. The molecule has 0 bridgehead atoms. The van der Waals surface area contributed by atoms with E-state index in [9.17, 15) is 4.79 Å². The second-order valence-electron chi connectivity index (χ2n) is 5.92. The fourth-order valence-corrected chi connectivity index (χ4v) is 2.06. The van der Waals surface area contributed by atoms with E-state index in [-0.39, 0.29) is 11.2 Å². The first-order valence-electron chi connectivity index (χ1n) is 6.64. The number of carbonyl (C=O) groups excluding carboxylic acids is 1. The second-order valence-corrected chi connectivity index (χ2v) is 5.92. The van der Waals surface area contributed by atoms with Crippen molar-refractivity contribution in [2.24, 2.45) is 0 Å². The van der Waals surface area contributed by atoms with Gasteiger partial charge >= 0.3 is 0 Å². The Morgan fingerprint density at radius 1 is 0.947 bits per heavy atom. The van der Waals surface area contributed by atoms with Crippen molar-refractivity contribution < 1.29 is 4.79 Å². The van der Waals surface area contributed by atoms with Gasteiger partial charge in [0.05, 0.1) is 0 Å². The van der Waals surface area contributed by atoms with E-state index in [1.807, 2.05) is 42.5 Å². The number of rotatable bonds is 3. The van der Waals surface area contributed by atoms with Crippen molar-refractivity contribution in [1.29, 1.82) is 0 Å². The third-order valence-electron chi connectivity index (χ3n) is 3.25. The van der Waals surface area contributed by atoms with Gasteiger partial charge in [0, 0.05) is 12.0 Å². The van der Waals surface area contributed by atoms with E-state index in [1.54, 1.807) is 0 Å². The molecule has 1 nitrogen and oxygen atoms in total. The lowest BCUT2D eigenvalue weighted by molar-refractivity contribution is 0.0993. The molecule has 0 fully saturated rings. The maximum absolute atomic E-state index is 12.2. The van der Waals surface area contributed by atoms with Gasteiger partial charge in [-0.1, -0.05) is 75.4 Å². The maximum atomic E-state index is 12.2. The zero-order valence-electron chi connectivity index (χ0n) is 11.8. The van der Waals surface area contributed by atoms with Crippen molar-refractivity contribution in [3.8, 4) is 0 Å². The van der Waals surface area contributed by atoms with Crippen LogP contribution in [-0.4, -0.2) is 5.78 Å². The van der Waals surface area contributed by atoms with Gasteiger partial charge in [0.2, 0.25) is 0 Å². The molecule has 2 aromatic rings. The summed E-state index contributed by atoms with van der Waals surface area (Å²) in [5, 5.41) is 0. The Morgan fingerprint density at radius 3 is 2.26 bits per heavy atom. The number of hydrogen-bond acceptors (Lipinski definition) is 1. The van der Waals surface area contributed by atoms with Gasteiger partial charge in [0.25, 0.3) is 0 Å². The van der Waals surface area contributed by atoms with Crippen molar-refractivity contribution in [1.82, 2.24) is 0 Å². The average molecular weight is 252 g/mol. The maximum Gasteiger partial charge on any atom is 0.167 e. The molecular weight excluding hydrogens is 232 g/mol. The average Bonchev–Trinajstić information content (AvgIpc) is 2.39. The largest absolute Gasteiger partial charge is 0.294 e. The van der Waals surface area contributed by atoms with E-state index in [4.69, 9.17) is 0 Å². The first-order chi connectivity index (χ1) is 8.97. The highest BCUT2D eigenvalue weighted by Gasteiger charge is 2.14. The highest BCUT2D eigenvalue weighted by Crippen LogP contribution is 2.23. The van der Waals surface area contributed by atoms with Crippen LogP contribution in [0.5, 0.6) is 0 Å². The molecule has 0 amide bonds. The summed E-state index contributed by atoms with van der Waals surface area (Å²) in [7, 11) is 0. The lowest BCUT2D eigenvalue weighted by Gasteiger charge is -2.19. The van der Waals surface area contributed by atoms with Gasteiger partial charge < -0.3 is 0 Å². The molecule has 2 aromatic carbocycles. The molecule has 0 saturated carbocycles. The topological polar surface area (TPSA) is 17.1 Å². The summed E-state index contributed by atoms with van der Waals surface area (Å²) >= 11 is 0. The summed E-state index contributed by atoms with van der Waals surface area (Å²) in [4.78, 5) is 12.2. The summed E-state index contributed by atoms with van der Waals surface area (Å²) in [6, 6.07) is 17.8. The quantitative estimate of drug-likeness (QED) is 0.739. The molecule has 1 heteroatoms. The van der Waals surface area contributed by atoms with Crippen LogP contribution >= 0.6 is 0 Å². The molecule has 0 spiro atoms. The smallest absolute Gasteiger partial charge is 0.167 e. The van der Waals surface area contributed by atoms with Crippen LogP contribution in [0, 0.1) is 0 Å². The standard InChI is InChI=1S/C18H20O/c1-18(2,3)16-11-7-8-14(12-16)13-17(19)15-9-5-4-6-10-15/h4-12H,13H2,1-3H3. The predicted molar refractivity (Wildman–Crippen MR) is 79.6 cm³/mol. The molecule has 0 aliphatic heterocycles. The van der Waals surface area contributed by atoms with E-state index in [0.29, 0.717) is 6.42 Å². The highest BCUT2D eigenvalue weighted by atomic mass is 16.1. The number of ketones is 1. The molecule has 19 heavy (non-hydrogen) atoms. The van der Waals surface area contributed by atoms with Crippen LogP contribution in [-0.2, 0) is 11.8 Å². The van der Waals surface area contributed by atoms with Gasteiger partial charge in [0.15, 0.2) is 5.78 Å². The second kappa shape index (κ2) is 5.40. The molecule has 0 saturated heterocycles. The minimum Gasteiger partial charge on any atom is -0.294 e. The molecule has 0 aliphatic rings. The third kappa shape index (κ3) is 3.54. The van der Waals surface area contributed by atoms with Crippen LogP contribution in [0.25, 0.3) is 0 Å². The van der Waals surface area contributed by atoms with Gasteiger partial charge in [-0.05, 0) is 16.5 Å². The molecule has 0 unspecified atom stereocenters. The SMILES string of the molecule is CC(C)(C)c1cccc(CC(=O)c2ccccc2)c1. The van der Waals surface area contributed by atoms with Crippen molar-refractivity contribution in [2.45, 2.75) is 32.6 Å². The van der Waals surface area contributed by atoms with Crippen molar-refractivity contribution >= 4 is 5.78 Å². The summed E-state index contributed by atoms with van der Waals surface area (Å²) in [6.45, 7) is 6.56. The van der Waals surface area contributed by atoms with Crippen LogP contribution in [0.15, 0.2) is 54.6 Å². The molecule has 0 heterocycles. The minimum absolute atomic E-state index is 0.117. The number of hydrogen-bond donors (Lipinski definition) is 0. The summed E-state index contributed by atoms with van der Waals surface area (Å²) < 4.78 is 0. The van der Waals surface area contributed by atoms with Crippen molar-refractivity contribution in [3.63, 3.8) is 0 Å². The van der Waals surface area contributed by atoms with Crippen LogP contribution in [0.4, 0.5) is 0 Å². The first-order valence-corrected chi connectivity index (χ1v) is 6.64. The Balaban J connectivity index is 2.18. The normalized spacial score (nSPS) is 11.3. The molecule has 0 N–H and O–H groups in total. The van der Waals surface area contributed by atoms with Crippen molar-refractivity contribution in [2.75, 3.05) is 0 Å². The van der Waals surface area contributed by atoms with Crippen LogP contribution < -0.4 is 0 Å². The molecular formula is C18H20O. The fourth-order valence-electron chi connectivity index (χ4n) is 2.06. The first kappa shape index (κ1) is 13.5. The van der Waals surface area contributed by atoms with E-state index < -0.39 is 0 Å². The van der Waals surface area contributed by atoms with E-state index in [0.717, 1.165) is 11.1 Å². The van der Waals surface area contributed by atoms with Crippen LogP contribution in [0.3, 0.4) is 0 Å². The summed E-state index contributed by atoms with van der Waals surface area (Å²) in [5.74, 6) is 0.173. The predicted octanol–water partition coefficient (Wildman–Crippen LogP) is 4.41. The zero-order chi connectivity index (χ0) is 13.9. The minimum atomic E-state index is 0.117. The van der Waals surface area contributed by atoms with E-state index >= 15 is 0 Å². The lowest BCUT2D eigenvalue weighted by Crippen LogP contribution is -2.12. The zero-order valence-corrected chi connectivity index (χ0v) is 11.8. The highest BCUT2D eigenvalue weighted by molar-refractivity contribution is 5.97. The molecule has 0 aliphatic carbocycles. The molecule has 0 atom stereocenters. The summed E-state index contributed by atoms with van der Waals surface area (Å²) in [5.41, 5.74) is 3.25. The fraction of sp³-hybridized carbons (Fsp3) is 0.278. The Bertz CT molecular complexity index is 562. The number of benzene rings is 2. The van der Waals surface area contributed by atoms with Gasteiger partial charge in [-0.25, -0.2) is 0 Å². The molecule has 0 aromatic heterocycles. The van der Waals surface area contributed by atoms with Gasteiger partial charge in [-0.15, -0.1) is 0 Å². The van der Waals surface area contributed by atoms with E-state index in [1.165, 1.54) is 5.56 Å². The van der Waals surface area contributed by atoms with E-state index in [2.05, 4.69) is 32.9 Å². The molecule has 98 valence electrons. The molecule has 0 radical (unpaired) electrons. The summed E-state index contributed by atoms with van der Waals surface area (Å²) in [6.07, 6.45) is 0.466. The van der Waals surface area contributed by atoms with Crippen LogP contribution in [0.1, 0.15) is 42.3 Å². The Morgan fingerprint density at radius 2 is 1.63 bits per heavy atom. The van der Waals surface area contributed by atoms with Gasteiger partial charge in [-0.3, -0.25) is 4.79 Å². The Kier molecular flexibility index (Phi) is 3.84. The van der Waals surface area contributed by atoms with Crippen LogP contribution in [0.2, 0.25) is 0 Å². The Labute approximate surface area is 115 Å². The lowest BCUT2D eigenvalue weighted by atomic mass is 9.85. The third-order valence-corrected chi connectivity index (χ3v) is 3.25. The number of carbonyl (C=O) groups is 1. The number of Topliss-reactive ketones (excluding diaryl/α,β-unsaturated/α-hetero) is 1. The van der Waals surface area contributed by atoms with Crippen molar-refractivity contribution in [3.05, 3.63) is 71.3 Å². The van der Waals surface area contributed by atoms with Gasteiger partial charge in [-0.2, -0.15) is 0 Å².